The Morgan fingerprint density at radius 3 is 2.72 bits per heavy atom. The Kier molecular flexibility index (Phi) is 3.04. The first-order chi connectivity index (χ1) is 8.37. The molecule has 6 heteroatoms. The summed E-state index contributed by atoms with van der Waals surface area (Å²) in [6.45, 7) is 3.75. The van der Waals surface area contributed by atoms with Crippen molar-refractivity contribution in [1.29, 1.82) is 0 Å². The molecule has 18 heavy (non-hydrogen) atoms. The number of aryl methyl sites for hydroxylation is 1. The van der Waals surface area contributed by atoms with Crippen LogP contribution in [0.15, 0.2) is 29.5 Å². The molecule has 0 unspecified atom stereocenters. The average molecular weight is 248 g/mol. The lowest BCUT2D eigenvalue weighted by Crippen LogP contribution is -2.27. The molecule has 0 saturated carbocycles. The van der Waals surface area contributed by atoms with Crippen LogP contribution < -0.4 is 5.56 Å². The van der Waals surface area contributed by atoms with E-state index in [1.807, 2.05) is 0 Å². The maximum Gasteiger partial charge on any atom is 0.250 e. The lowest BCUT2D eigenvalue weighted by molar-refractivity contribution is 0.0582. The van der Waals surface area contributed by atoms with E-state index in [1.165, 1.54) is 17.0 Å². The number of hydrogen-bond donors (Lipinski definition) is 1. The van der Waals surface area contributed by atoms with Crippen molar-refractivity contribution in [2.45, 2.75) is 26.0 Å². The summed E-state index contributed by atoms with van der Waals surface area (Å²) in [4.78, 5) is 15.5. The van der Waals surface area contributed by atoms with Gasteiger partial charge in [0.05, 0.1) is 12.1 Å². The van der Waals surface area contributed by atoms with Gasteiger partial charge in [0, 0.05) is 24.9 Å². The van der Waals surface area contributed by atoms with Crippen molar-refractivity contribution in [3.63, 3.8) is 0 Å². The van der Waals surface area contributed by atoms with E-state index in [-0.39, 0.29) is 5.56 Å². The van der Waals surface area contributed by atoms with Crippen LogP contribution in [0.4, 0.5) is 0 Å². The molecule has 96 valence electrons. The Morgan fingerprint density at radius 1 is 1.39 bits per heavy atom. The minimum Gasteiger partial charge on any atom is -0.389 e. The molecule has 2 aromatic heterocycles. The summed E-state index contributed by atoms with van der Waals surface area (Å²) in [7, 11) is 1.68. The van der Waals surface area contributed by atoms with Gasteiger partial charge < -0.3 is 9.67 Å². The van der Waals surface area contributed by atoms with E-state index in [4.69, 9.17) is 0 Å². The molecule has 1 N–H and O–H groups in total. The van der Waals surface area contributed by atoms with E-state index in [1.54, 1.807) is 37.8 Å². The zero-order chi connectivity index (χ0) is 13.3. The molecule has 0 aliphatic carbocycles. The van der Waals surface area contributed by atoms with Crippen LogP contribution in [-0.4, -0.2) is 30.0 Å². The summed E-state index contributed by atoms with van der Waals surface area (Å²) >= 11 is 0. The second kappa shape index (κ2) is 4.38. The van der Waals surface area contributed by atoms with Crippen LogP contribution in [0.2, 0.25) is 0 Å². The maximum absolute atomic E-state index is 11.3. The smallest absolute Gasteiger partial charge is 0.250 e. The predicted octanol–water partition coefficient (Wildman–Crippen LogP) is 0.415. The summed E-state index contributed by atoms with van der Waals surface area (Å²) < 4.78 is 3.11. The molecule has 2 rings (SSSR count). The summed E-state index contributed by atoms with van der Waals surface area (Å²) in [5.41, 5.74) is -0.158. The van der Waals surface area contributed by atoms with Crippen molar-refractivity contribution in [1.82, 2.24) is 19.3 Å². The summed E-state index contributed by atoms with van der Waals surface area (Å²) in [6.07, 6.45) is 3.14. The highest BCUT2D eigenvalue weighted by Gasteiger charge is 2.17. The number of aromatic nitrogens is 4. The molecule has 0 spiro atoms. The molecule has 0 aromatic carbocycles. The Bertz CT molecular complexity index is 607. The van der Waals surface area contributed by atoms with Crippen LogP contribution in [0, 0.1) is 0 Å². The van der Waals surface area contributed by atoms with E-state index in [2.05, 4.69) is 10.1 Å². The van der Waals surface area contributed by atoms with E-state index in [0.29, 0.717) is 12.4 Å². The lowest BCUT2D eigenvalue weighted by atomic mass is 10.1. The largest absolute Gasteiger partial charge is 0.389 e. The van der Waals surface area contributed by atoms with E-state index in [0.717, 1.165) is 5.56 Å². The number of rotatable bonds is 3. The Hall–Kier alpha value is -1.95. The molecule has 0 atom stereocenters. The summed E-state index contributed by atoms with van der Waals surface area (Å²) in [6, 6.07) is 3.19. The highest BCUT2D eigenvalue weighted by molar-refractivity contribution is 5.53. The molecule has 0 aliphatic rings. The zero-order valence-corrected chi connectivity index (χ0v) is 10.7. The second-order valence-corrected chi connectivity index (χ2v) is 4.92. The lowest BCUT2D eigenvalue weighted by Gasteiger charge is -2.18. The molecule has 0 bridgehead atoms. The first kappa shape index (κ1) is 12.5. The van der Waals surface area contributed by atoms with Gasteiger partial charge in [-0.25, -0.2) is 9.67 Å². The van der Waals surface area contributed by atoms with Crippen molar-refractivity contribution in [3.05, 3.63) is 35.0 Å². The first-order valence-electron chi connectivity index (χ1n) is 5.64. The van der Waals surface area contributed by atoms with Crippen LogP contribution in [0.25, 0.3) is 11.4 Å². The first-order valence-corrected chi connectivity index (χ1v) is 5.64. The molecular weight excluding hydrogens is 232 g/mol. The van der Waals surface area contributed by atoms with Crippen LogP contribution in [-0.2, 0) is 13.6 Å². The SMILES string of the molecule is Cn1cc(-c2ncnn2CC(C)(C)O)ccc1=O. The van der Waals surface area contributed by atoms with Crippen LogP contribution in [0.1, 0.15) is 13.8 Å². The summed E-state index contributed by atoms with van der Waals surface area (Å²) in [5, 5.41) is 13.9. The highest BCUT2D eigenvalue weighted by atomic mass is 16.3. The second-order valence-electron chi connectivity index (χ2n) is 4.92. The number of nitrogens with zero attached hydrogens (tertiary/aromatic N) is 4. The van der Waals surface area contributed by atoms with Crippen molar-refractivity contribution in [3.8, 4) is 11.4 Å². The quantitative estimate of drug-likeness (QED) is 0.854. The van der Waals surface area contributed by atoms with E-state index < -0.39 is 5.60 Å². The third kappa shape index (κ3) is 2.65. The molecule has 0 fully saturated rings. The highest BCUT2D eigenvalue weighted by Crippen LogP contribution is 2.16. The van der Waals surface area contributed by atoms with Gasteiger partial charge in [-0.2, -0.15) is 5.10 Å². The fraction of sp³-hybridized carbons (Fsp3) is 0.417. The van der Waals surface area contributed by atoms with Crippen LogP contribution >= 0.6 is 0 Å². The number of aliphatic hydroxyl groups is 1. The van der Waals surface area contributed by atoms with E-state index in [9.17, 15) is 9.90 Å². The van der Waals surface area contributed by atoms with Crippen molar-refractivity contribution >= 4 is 0 Å². The molecule has 2 aromatic rings. The van der Waals surface area contributed by atoms with Gasteiger partial charge in [0.1, 0.15) is 6.33 Å². The van der Waals surface area contributed by atoms with Crippen LogP contribution in [0.5, 0.6) is 0 Å². The monoisotopic (exact) mass is 248 g/mol. The zero-order valence-electron chi connectivity index (χ0n) is 10.7. The third-order valence-electron chi connectivity index (χ3n) is 2.50. The Labute approximate surface area is 105 Å². The normalized spacial score (nSPS) is 11.8. The van der Waals surface area contributed by atoms with Gasteiger partial charge in [-0.05, 0) is 19.9 Å². The molecule has 2 heterocycles. The van der Waals surface area contributed by atoms with Crippen LogP contribution in [0.3, 0.4) is 0 Å². The fourth-order valence-corrected chi connectivity index (χ4v) is 1.70. The molecule has 0 radical (unpaired) electrons. The Morgan fingerprint density at radius 2 is 2.11 bits per heavy atom. The van der Waals surface area contributed by atoms with Gasteiger partial charge in [-0.3, -0.25) is 4.79 Å². The topological polar surface area (TPSA) is 72.9 Å². The average Bonchev–Trinajstić information content (AvgIpc) is 2.67. The third-order valence-corrected chi connectivity index (χ3v) is 2.50. The molecule has 0 aliphatic heterocycles. The van der Waals surface area contributed by atoms with Gasteiger partial charge in [0.2, 0.25) is 5.56 Å². The van der Waals surface area contributed by atoms with Crippen molar-refractivity contribution in [2.75, 3.05) is 0 Å². The van der Waals surface area contributed by atoms with Gasteiger partial charge >= 0.3 is 0 Å². The predicted molar refractivity (Wildman–Crippen MR) is 67.0 cm³/mol. The van der Waals surface area contributed by atoms with Gasteiger partial charge in [0.15, 0.2) is 5.82 Å². The Balaban J connectivity index is 2.42. The van der Waals surface area contributed by atoms with Gasteiger partial charge in [-0.15, -0.1) is 0 Å². The molecule has 6 nitrogen and oxygen atoms in total. The van der Waals surface area contributed by atoms with Crippen molar-refractivity contribution in [2.24, 2.45) is 7.05 Å². The summed E-state index contributed by atoms with van der Waals surface area (Å²) in [5.74, 6) is 0.632. The van der Waals surface area contributed by atoms with Gasteiger partial charge in [0.25, 0.3) is 0 Å². The minimum absolute atomic E-state index is 0.0766. The molecule has 0 saturated heterocycles. The molecular formula is C12H16N4O2. The fourth-order valence-electron chi connectivity index (χ4n) is 1.70. The number of pyridine rings is 1. The standard InChI is InChI=1S/C12H16N4O2/c1-12(2,18)7-16-11(13-8-14-16)9-4-5-10(17)15(3)6-9/h4-6,8,18H,7H2,1-3H3. The minimum atomic E-state index is -0.872. The molecule has 0 amide bonds. The van der Waals surface area contributed by atoms with Crippen molar-refractivity contribution < 1.29 is 5.11 Å². The van der Waals surface area contributed by atoms with E-state index >= 15 is 0 Å². The van der Waals surface area contributed by atoms with Gasteiger partial charge in [-0.1, -0.05) is 0 Å². The maximum atomic E-state index is 11.3. The number of hydrogen-bond acceptors (Lipinski definition) is 4.